The molecule has 2 atom stereocenters. The average Bonchev–Trinajstić information content (AvgIpc) is 3.00. The van der Waals surface area contributed by atoms with Crippen LogP contribution in [0.3, 0.4) is 0 Å². The number of amides is 2. The Morgan fingerprint density at radius 3 is 2.00 bits per heavy atom. The van der Waals surface area contributed by atoms with E-state index in [9.17, 15) is 14.4 Å². The smallest absolute Gasteiger partial charge is 0.394 e. The molecule has 0 aliphatic heterocycles. The summed E-state index contributed by atoms with van der Waals surface area (Å²) in [6.07, 6.45) is 18.3. The van der Waals surface area contributed by atoms with Crippen molar-refractivity contribution in [2.24, 2.45) is 0 Å². The molecule has 1 aliphatic carbocycles. The van der Waals surface area contributed by atoms with Crippen molar-refractivity contribution in [3.05, 3.63) is 90.0 Å². The highest BCUT2D eigenvalue weighted by Gasteiger charge is 2.45. The lowest BCUT2D eigenvalue weighted by Crippen LogP contribution is -2.49. The third-order valence-corrected chi connectivity index (χ3v) is 7.67. The van der Waals surface area contributed by atoms with Gasteiger partial charge in [0, 0.05) is 19.5 Å². The largest absolute Gasteiger partial charge is 0.482 e. The molecule has 0 saturated carbocycles. The third-order valence-electron chi connectivity index (χ3n) is 7.67. The summed E-state index contributed by atoms with van der Waals surface area (Å²) >= 11 is 0. The van der Waals surface area contributed by atoms with Crippen molar-refractivity contribution in [3.8, 4) is 5.75 Å². The molecule has 42 heavy (non-hydrogen) atoms. The summed E-state index contributed by atoms with van der Waals surface area (Å²) in [6, 6.07) is 19.1. The van der Waals surface area contributed by atoms with Crippen LogP contribution in [0.2, 0.25) is 0 Å². The second kappa shape index (κ2) is 17.8. The van der Waals surface area contributed by atoms with Gasteiger partial charge in [-0.1, -0.05) is 125 Å². The molecule has 0 bridgehead atoms. The van der Waals surface area contributed by atoms with Crippen LogP contribution in [0.5, 0.6) is 5.75 Å². The summed E-state index contributed by atoms with van der Waals surface area (Å²) in [6.45, 7) is 2.92. The molecule has 7 heteroatoms. The molecule has 0 heterocycles. The van der Waals surface area contributed by atoms with Crippen molar-refractivity contribution in [3.63, 3.8) is 0 Å². The van der Waals surface area contributed by atoms with Crippen LogP contribution >= 0.6 is 0 Å². The number of hydrogen-bond donors (Lipinski definition) is 3. The minimum Gasteiger partial charge on any atom is -0.482 e. The number of unbranched alkanes of at least 4 members (excludes halogenated alkanes) is 9. The zero-order chi connectivity index (χ0) is 30.0. The van der Waals surface area contributed by atoms with E-state index >= 15 is 0 Å². The number of ether oxygens (including phenoxy) is 1. The summed E-state index contributed by atoms with van der Waals surface area (Å²) in [5.41, 5.74) is 0.564. The van der Waals surface area contributed by atoms with Gasteiger partial charge in [0.05, 0.1) is 0 Å². The van der Waals surface area contributed by atoms with Gasteiger partial charge in [-0.05, 0) is 35.8 Å². The first-order chi connectivity index (χ1) is 20.4. The minimum absolute atomic E-state index is 0.0734. The molecule has 0 aromatic heterocycles. The summed E-state index contributed by atoms with van der Waals surface area (Å²) in [5, 5.41) is 14.5. The lowest BCUT2D eigenvalue weighted by Gasteiger charge is -2.39. The molecule has 0 spiro atoms. The van der Waals surface area contributed by atoms with E-state index in [0.29, 0.717) is 18.7 Å². The van der Waals surface area contributed by atoms with Crippen molar-refractivity contribution >= 4 is 17.8 Å². The molecule has 0 radical (unpaired) electrons. The van der Waals surface area contributed by atoms with E-state index in [4.69, 9.17) is 9.84 Å². The molecule has 2 aromatic rings. The van der Waals surface area contributed by atoms with Gasteiger partial charge in [0.1, 0.15) is 17.3 Å². The van der Waals surface area contributed by atoms with Crippen LogP contribution in [0.15, 0.2) is 84.5 Å². The Morgan fingerprint density at radius 1 is 0.833 bits per heavy atom. The number of carbonyl (C=O) groups excluding carboxylic acids is 2. The van der Waals surface area contributed by atoms with Gasteiger partial charge in [-0.25, -0.2) is 4.79 Å². The lowest BCUT2D eigenvalue weighted by molar-refractivity contribution is -0.150. The normalized spacial score (nSPS) is 16.7. The second-order valence-electron chi connectivity index (χ2n) is 11.0. The van der Waals surface area contributed by atoms with Crippen LogP contribution in [0.4, 0.5) is 0 Å². The first kappa shape index (κ1) is 32.6. The summed E-state index contributed by atoms with van der Waals surface area (Å²) in [4.78, 5) is 36.3. The quantitative estimate of drug-likeness (QED) is 0.136. The van der Waals surface area contributed by atoms with E-state index in [0.717, 1.165) is 24.0 Å². The molecule has 0 fully saturated rings. The first-order valence-electron chi connectivity index (χ1n) is 15.4. The Bertz CT molecular complexity index is 1180. The predicted octanol–water partition coefficient (Wildman–Crippen LogP) is 6.71. The summed E-state index contributed by atoms with van der Waals surface area (Å²) in [5.74, 6) is -2.68. The van der Waals surface area contributed by atoms with Crippen LogP contribution in [0, 0.1) is 0 Å². The Hall–Kier alpha value is -3.87. The molecule has 1 aliphatic rings. The zero-order valence-corrected chi connectivity index (χ0v) is 24.9. The van der Waals surface area contributed by atoms with Crippen molar-refractivity contribution in [1.82, 2.24) is 10.6 Å². The Labute approximate surface area is 250 Å². The molecule has 3 rings (SSSR count). The van der Waals surface area contributed by atoms with Gasteiger partial charge < -0.3 is 20.5 Å². The van der Waals surface area contributed by atoms with Crippen molar-refractivity contribution < 1.29 is 24.2 Å². The highest BCUT2D eigenvalue weighted by Crippen LogP contribution is 2.40. The number of para-hydroxylation sites is 1. The molecule has 2 aromatic carbocycles. The standard InChI is InChI=1S/C35H46N2O5/c1-2-3-4-5-6-7-8-9-10-17-26-36-32(38)31(29-18-13-11-14-19-29)35(42-30-20-15-12-16-21-30)24-22-28(23-25-35)27-37-33(39)34(40)41/h11-16,18-24,31H,2-10,17,25-27H2,1H3,(H,36,38)(H,37,39)(H,40,41). The van der Waals surface area contributed by atoms with Gasteiger partial charge in [0.2, 0.25) is 5.91 Å². The minimum atomic E-state index is -1.53. The number of carboxylic acid groups (broad SMARTS) is 1. The molecule has 3 N–H and O–H groups in total. The maximum Gasteiger partial charge on any atom is 0.394 e. The van der Waals surface area contributed by atoms with Gasteiger partial charge >= 0.3 is 11.9 Å². The van der Waals surface area contributed by atoms with Crippen LogP contribution in [0.25, 0.3) is 0 Å². The number of carbonyl (C=O) groups is 3. The van der Waals surface area contributed by atoms with Gasteiger partial charge in [0.25, 0.3) is 0 Å². The fraction of sp³-hybridized carbons (Fsp3) is 0.457. The number of aliphatic carboxylic acids is 1. The number of carboxylic acids is 1. The monoisotopic (exact) mass is 574 g/mol. The van der Waals surface area contributed by atoms with E-state index in [2.05, 4.69) is 17.6 Å². The average molecular weight is 575 g/mol. The zero-order valence-electron chi connectivity index (χ0n) is 24.9. The molecule has 2 unspecified atom stereocenters. The molecular weight excluding hydrogens is 528 g/mol. The summed E-state index contributed by atoms with van der Waals surface area (Å²) in [7, 11) is 0. The highest BCUT2D eigenvalue weighted by molar-refractivity contribution is 6.31. The molecule has 2 amide bonds. The SMILES string of the molecule is CCCCCCCCCCCCNC(=O)C(c1ccccc1)C1(Oc2ccccc2)C=CC(CNC(=O)C(=O)O)=CC1. The summed E-state index contributed by atoms with van der Waals surface area (Å²) < 4.78 is 6.63. The Balaban J connectivity index is 1.68. The van der Waals surface area contributed by atoms with Crippen molar-refractivity contribution in [2.75, 3.05) is 13.1 Å². The van der Waals surface area contributed by atoms with Crippen LogP contribution in [-0.2, 0) is 14.4 Å². The molecule has 226 valence electrons. The fourth-order valence-electron chi connectivity index (χ4n) is 5.35. The highest BCUT2D eigenvalue weighted by atomic mass is 16.5. The van der Waals surface area contributed by atoms with E-state index < -0.39 is 23.4 Å². The van der Waals surface area contributed by atoms with Gasteiger partial charge in [-0.3, -0.25) is 9.59 Å². The Morgan fingerprint density at radius 2 is 1.43 bits per heavy atom. The maximum absolute atomic E-state index is 13.9. The fourth-order valence-corrected chi connectivity index (χ4v) is 5.35. The number of rotatable bonds is 18. The number of benzene rings is 2. The van der Waals surface area contributed by atoms with Crippen LogP contribution < -0.4 is 15.4 Å². The van der Waals surface area contributed by atoms with Crippen LogP contribution in [-0.4, -0.2) is 41.6 Å². The van der Waals surface area contributed by atoms with Gasteiger partial charge in [0.15, 0.2) is 0 Å². The molecule has 7 nitrogen and oxygen atoms in total. The van der Waals surface area contributed by atoms with E-state index in [1.807, 2.05) is 72.8 Å². The van der Waals surface area contributed by atoms with Crippen molar-refractivity contribution in [2.45, 2.75) is 89.1 Å². The van der Waals surface area contributed by atoms with E-state index in [1.54, 1.807) is 6.08 Å². The predicted molar refractivity (Wildman–Crippen MR) is 166 cm³/mol. The third kappa shape index (κ3) is 10.5. The first-order valence-corrected chi connectivity index (χ1v) is 15.4. The topological polar surface area (TPSA) is 105 Å². The van der Waals surface area contributed by atoms with Gasteiger partial charge in [-0.2, -0.15) is 0 Å². The molecule has 0 saturated heterocycles. The maximum atomic E-state index is 13.9. The molecular formula is C35H46N2O5. The number of nitrogens with one attached hydrogen (secondary N) is 2. The van der Waals surface area contributed by atoms with Crippen LogP contribution in [0.1, 0.15) is 89.0 Å². The Kier molecular flexibility index (Phi) is 13.9. The van der Waals surface area contributed by atoms with E-state index in [-0.39, 0.29) is 12.5 Å². The number of hydrogen-bond acceptors (Lipinski definition) is 4. The van der Waals surface area contributed by atoms with Gasteiger partial charge in [-0.15, -0.1) is 0 Å². The lowest BCUT2D eigenvalue weighted by atomic mass is 9.76. The van der Waals surface area contributed by atoms with E-state index in [1.165, 1.54) is 51.4 Å². The van der Waals surface area contributed by atoms with Crippen molar-refractivity contribution in [1.29, 1.82) is 0 Å². The second-order valence-corrected chi connectivity index (χ2v) is 11.0.